The summed E-state index contributed by atoms with van der Waals surface area (Å²) < 4.78 is 0. The molecule has 0 unspecified atom stereocenters. The Bertz CT molecular complexity index is 115. The van der Waals surface area contributed by atoms with Gasteiger partial charge in [-0.25, -0.2) is 0 Å². The molecule has 2 aliphatic carbocycles. The summed E-state index contributed by atoms with van der Waals surface area (Å²) in [5.41, 5.74) is 0.349. The van der Waals surface area contributed by atoms with Gasteiger partial charge in [0.2, 0.25) is 6.41 Å². The first-order valence-electron chi connectivity index (χ1n) is 2.59. The molecule has 2 nitrogen and oxygen atoms in total. The standard InChI is InChI=1S/C5H7NO/c7-3-6-5-1-4(5)2-5/h3-4H,1-2H2,(H,6,7). The van der Waals surface area contributed by atoms with Crippen LogP contribution in [0.3, 0.4) is 0 Å². The van der Waals surface area contributed by atoms with E-state index in [1.54, 1.807) is 0 Å². The normalized spacial score (nSPS) is 52.3. The second-order valence-electron chi connectivity index (χ2n) is 2.52. The molecule has 7 heavy (non-hydrogen) atoms. The summed E-state index contributed by atoms with van der Waals surface area (Å²) in [5.74, 6) is 0.873. The van der Waals surface area contributed by atoms with Gasteiger partial charge in [-0.1, -0.05) is 0 Å². The number of rotatable bonds is 2. The molecule has 0 saturated heterocycles. The van der Waals surface area contributed by atoms with Crippen LogP contribution in [0.25, 0.3) is 0 Å². The van der Waals surface area contributed by atoms with Gasteiger partial charge in [0.05, 0.1) is 0 Å². The smallest absolute Gasteiger partial charge is 0.207 e. The maximum Gasteiger partial charge on any atom is 0.207 e. The predicted octanol–water partition coefficient (Wildman–Crippen LogP) is -0.105. The first-order valence-corrected chi connectivity index (χ1v) is 2.59. The molecule has 0 heterocycles. The molecule has 0 bridgehead atoms. The van der Waals surface area contributed by atoms with Crippen molar-refractivity contribution in [2.75, 3.05) is 0 Å². The van der Waals surface area contributed by atoms with Gasteiger partial charge < -0.3 is 5.32 Å². The lowest BCUT2D eigenvalue weighted by Crippen LogP contribution is -2.20. The summed E-state index contributed by atoms with van der Waals surface area (Å²) in [5, 5.41) is 2.79. The molecular weight excluding hydrogens is 90.1 g/mol. The molecule has 2 heteroatoms. The van der Waals surface area contributed by atoms with Gasteiger partial charge in [0.15, 0.2) is 0 Å². The van der Waals surface area contributed by atoms with Crippen LogP contribution in [0, 0.1) is 5.92 Å². The average Bonchev–Trinajstić information content (AvgIpc) is 2.22. The minimum atomic E-state index is 0.349. The van der Waals surface area contributed by atoms with Crippen LogP contribution in [-0.4, -0.2) is 11.9 Å². The highest BCUT2D eigenvalue weighted by molar-refractivity contribution is 5.53. The zero-order chi connectivity index (χ0) is 4.91. The number of nitrogens with one attached hydrogen (secondary N) is 1. The van der Waals surface area contributed by atoms with Crippen LogP contribution in [-0.2, 0) is 4.79 Å². The van der Waals surface area contributed by atoms with Crippen molar-refractivity contribution >= 4 is 6.41 Å². The molecule has 0 aromatic rings. The van der Waals surface area contributed by atoms with Crippen LogP contribution < -0.4 is 5.32 Å². The SMILES string of the molecule is O=CNC12CC1C2. The molecule has 0 atom stereocenters. The molecule has 2 fully saturated rings. The monoisotopic (exact) mass is 97.1 g/mol. The van der Waals surface area contributed by atoms with Gasteiger partial charge in [0, 0.05) is 5.54 Å². The molecule has 1 amide bonds. The van der Waals surface area contributed by atoms with Gasteiger partial charge in [0.25, 0.3) is 0 Å². The maximum absolute atomic E-state index is 9.78. The summed E-state index contributed by atoms with van der Waals surface area (Å²) in [7, 11) is 0. The Morgan fingerprint density at radius 3 is 2.43 bits per heavy atom. The van der Waals surface area contributed by atoms with E-state index in [1.807, 2.05) is 0 Å². The quantitative estimate of drug-likeness (QED) is 0.479. The highest BCUT2D eigenvalue weighted by Crippen LogP contribution is 2.66. The Morgan fingerprint density at radius 2 is 2.29 bits per heavy atom. The summed E-state index contributed by atoms with van der Waals surface area (Å²) in [6.07, 6.45) is 3.30. The first kappa shape index (κ1) is 3.47. The highest BCUT2D eigenvalue weighted by atomic mass is 16.1. The second-order valence-corrected chi connectivity index (χ2v) is 2.52. The Kier molecular flexibility index (Phi) is 0.348. The predicted molar refractivity (Wildman–Crippen MR) is 24.7 cm³/mol. The third-order valence-corrected chi connectivity index (χ3v) is 2.03. The van der Waals surface area contributed by atoms with Crippen LogP contribution in [0.15, 0.2) is 0 Å². The van der Waals surface area contributed by atoms with Crippen molar-refractivity contribution in [1.29, 1.82) is 0 Å². The molecule has 0 aromatic carbocycles. The summed E-state index contributed by atoms with van der Waals surface area (Å²) in [6.45, 7) is 0. The lowest BCUT2D eigenvalue weighted by Gasteiger charge is -1.95. The van der Waals surface area contributed by atoms with Gasteiger partial charge in [-0.3, -0.25) is 4.79 Å². The van der Waals surface area contributed by atoms with Crippen LogP contribution in [0.5, 0.6) is 0 Å². The second kappa shape index (κ2) is 0.703. The zero-order valence-electron chi connectivity index (χ0n) is 3.98. The molecule has 38 valence electrons. The van der Waals surface area contributed by atoms with Crippen molar-refractivity contribution in [2.24, 2.45) is 5.92 Å². The van der Waals surface area contributed by atoms with Gasteiger partial charge in [-0.05, 0) is 18.8 Å². The van der Waals surface area contributed by atoms with Crippen LogP contribution in [0.2, 0.25) is 0 Å². The third kappa shape index (κ3) is 0.275. The molecule has 0 spiro atoms. The molecule has 2 aliphatic rings. The van der Waals surface area contributed by atoms with E-state index in [-0.39, 0.29) is 0 Å². The Hall–Kier alpha value is -0.530. The molecule has 2 saturated carbocycles. The zero-order valence-corrected chi connectivity index (χ0v) is 3.98. The lowest BCUT2D eigenvalue weighted by atomic mass is 10.4. The largest absolute Gasteiger partial charge is 0.353 e. The van der Waals surface area contributed by atoms with Crippen molar-refractivity contribution in [1.82, 2.24) is 5.32 Å². The van der Waals surface area contributed by atoms with Crippen molar-refractivity contribution in [2.45, 2.75) is 18.4 Å². The van der Waals surface area contributed by atoms with Gasteiger partial charge in [-0.2, -0.15) is 0 Å². The van der Waals surface area contributed by atoms with Gasteiger partial charge in [0.1, 0.15) is 0 Å². The van der Waals surface area contributed by atoms with Gasteiger partial charge in [-0.15, -0.1) is 0 Å². The molecule has 2 rings (SSSR count). The highest BCUT2D eigenvalue weighted by Gasteiger charge is 2.69. The number of amides is 1. The lowest BCUT2D eigenvalue weighted by molar-refractivity contribution is -0.110. The van der Waals surface area contributed by atoms with E-state index < -0.39 is 0 Å². The van der Waals surface area contributed by atoms with Crippen molar-refractivity contribution in [3.05, 3.63) is 0 Å². The number of carbonyl (C=O) groups excluding carboxylic acids is 1. The van der Waals surface area contributed by atoms with E-state index in [4.69, 9.17) is 0 Å². The topological polar surface area (TPSA) is 29.1 Å². The fourth-order valence-electron chi connectivity index (χ4n) is 1.05. The summed E-state index contributed by atoms with van der Waals surface area (Å²) in [6, 6.07) is 0. The fourth-order valence-corrected chi connectivity index (χ4v) is 1.05. The van der Waals surface area contributed by atoms with E-state index in [1.165, 1.54) is 12.8 Å². The molecule has 0 aromatic heterocycles. The minimum Gasteiger partial charge on any atom is -0.353 e. The van der Waals surface area contributed by atoms with Crippen LogP contribution in [0.4, 0.5) is 0 Å². The summed E-state index contributed by atoms with van der Waals surface area (Å²) in [4.78, 5) is 9.78. The van der Waals surface area contributed by atoms with E-state index in [2.05, 4.69) is 5.32 Å². The van der Waals surface area contributed by atoms with Crippen LogP contribution >= 0.6 is 0 Å². The van der Waals surface area contributed by atoms with Crippen LogP contribution in [0.1, 0.15) is 12.8 Å². The fraction of sp³-hybridized carbons (Fsp3) is 0.800. The van der Waals surface area contributed by atoms with E-state index >= 15 is 0 Å². The van der Waals surface area contributed by atoms with Crippen molar-refractivity contribution in [3.63, 3.8) is 0 Å². The molecule has 0 radical (unpaired) electrons. The molecule has 1 N–H and O–H groups in total. The summed E-state index contributed by atoms with van der Waals surface area (Å²) >= 11 is 0. The maximum atomic E-state index is 9.78. The number of hydrogen-bond donors (Lipinski definition) is 1. The number of carbonyl (C=O) groups is 1. The Balaban J connectivity index is 1.97. The minimum absolute atomic E-state index is 0.349. The van der Waals surface area contributed by atoms with Crippen molar-refractivity contribution in [3.8, 4) is 0 Å². The van der Waals surface area contributed by atoms with E-state index in [0.717, 1.165) is 12.3 Å². The Morgan fingerprint density at radius 1 is 1.71 bits per heavy atom. The third-order valence-electron chi connectivity index (χ3n) is 2.03. The van der Waals surface area contributed by atoms with E-state index in [9.17, 15) is 4.79 Å². The average molecular weight is 97.1 g/mol. The number of hydrogen-bond acceptors (Lipinski definition) is 1. The molecule has 0 aliphatic heterocycles. The first-order chi connectivity index (χ1) is 3.37. The Labute approximate surface area is 41.9 Å². The molecular formula is C5H7NO. The van der Waals surface area contributed by atoms with Gasteiger partial charge >= 0.3 is 0 Å². The van der Waals surface area contributed by atoms with Crippen molar-refractivity contribution < 1.29 is 4.79 Å². The number of fused-ring (bicyclic) bond motifs is 1. The van der Waals surface area contributed by atoms with E-state index in [0.29, 0.717) is 5.54 Å².